The number of morpholine rings is 1. The van der Waals surface area contributed by atoms with Crippen LogP contribution in [0.25, 0.3) is 11.2 Å². The zero-order chi connectivity index (χ0) is 21.8. The third-order valence-electron chi connectivity index (χ3n) is 5.93. The van der Waals surface area contributed by atoms with E-state index in [1.54, 1.807) is 10.9 Å². The lowest BCUT2D eigenvalue weighted by molar-refractivity contribution is 0.122. The molecule has 0 atom stereocenters. The first-order valence-electron chi connectivity index (χ1n) is 10.9. The van der Waals surface area contributed by atoms with Crippen molar-refractivity contribution in [2.24, 2.45) is 7.05 Å². The Balaban J connectivity index is 0.000000334. The number of hydrogen-bond donors (Lipinski definition) is 0. The summed E-state index contributed by atoms with van der Waals surface area (Å²) < 4.78 is 7.21. The van der Waals surface area contributed by atoms with Gasteiger partial charge >= 0.3 is 0 Å². The van der Waals surface area contributed by atoms with Gasteiger partial charge in [-0.05, 0) is 45.6 Å². The van der Waals surface area contributed by atoms with Gasteiger partial charge in [0.1, 0.15) is 5.52 Å². The van der Waals surface area contributed by atoms with Gasteiger partial charge in [-0.3, -0.25) is 4.68 Å². The molecule has 1 aliphatic carbocycles. The van der Waals surface area contributed by atoms with Crippen molar-refractivity contribution in [3.63, 3.8) is 0 Å². The standard InChI is InChI=1S/C18H24ClN5O.C4H6N2/c1-11-12(2)21-17-16(20-11)15(13-3-5-14(19)6-4-13)22-18(23-17)24-7-9-25-10-8-24;1-6-4-2-3-5-6/h13-14H,3-10H2,1-2H3;2-4H,1H3. The van der Waals surface area contributed by atoms with Crippen molar-refractivity contribution in [1.29, 1.82) is 0 Å². The summed E-state index contributed by atoms with van der Waals surface area (Å²) in [7, 11) is 1.89. The molecule has 1 saturated heterocycles. The number of hydrogen-bond acceptors (Lipinski definition) is 7. The summed E-state index contributed by atoms with van der Waals surface area (Å²) in [5.74, 6) is 1.15. The minimum Gasteiger partial charge on any atom is -0.378 e. The first-order valence-corrected chi connectivity index (χ1v) is 11.4. The van der Waals surface area contributed by atoms with Crippen molar-refractivity contribution in [1.82, 2.24) is 29.7 Å². The molecule has 0 bridgehead atoms. The molecule has 5 rings (SSSR count). The largest absolute Gasteiger partial charge is 0.378 e. The van der Waals surface area contributed by atoms with E-state index in [-0.39, 0.29) is 5.38 Å². The van der Waals surface area contributed by atoms with Gasteiger partial charge in [0, 0.05) is 43.8 Å². The monoisotopic (exact) mass is 443 g/mol. The van der Waals surface area contributed by atoms with Crippen molar-refractivity contribution in [2.45, 2.75) is 50.8 Å². The highest BCUT2D eigenvalue weighted by Crippen LogP contribution is 2.37. The first kappa shape index (κ1) is 21.9. The molecule has 0 spiro atoms. The second-order valence-corrected chi connectivity index (χ2v) is 8.82. The van der Waals surface area contributed by atoms with E-state index in [1.807, 2.05) is 33.2 Å². The molecule has 0 amide bonds. The topological polar surface area (TPSA) is 81.9 Å². The number of fused-ring (bicyclic) bond motifs is 1. The molecule has 8 nitrogen and oxygen atoms in total. The Bertz CT molecular complexity index is 997. The van der Waals surface area contributed by atoms with Crippen LogP contribution in [0.2, 0.25) is 0 Å². The summed E-state index contributed by atoms with van der Waals surface area (Å²) in [6.07, 6.45) is 7.81. The summed E-state index contributed by atoms with van der Waals surface area (Å²) in [5.41, 5.74) is 4.49. The summed E-state index contributed by atoms with van der Waals surface area (Å²) in [6.45, 7) is 7.04. The molecule has 2 aliphatic rings. The minimum atomic E-state index is 0.290. The highest BCUT2D eigenvalue weighted by atomic mass is 35.5. The Morgan fingerprint density at radius 1 is 0.968 bits per heavy atom. The van der Waals surface area contributed by atoms with E-state index in [9.17, 15) is 0 Å². The second-order valence-electron chi connectivity index (χ2n) is 8.20. The van der Waals surface area contributed by atoms with Gasteiger partial charge in [-0.15, -0.1) is 11.6 Å². The first-order chi connectivity index (χ1) is 15.0. The van der Waals surface area contributed by atoms with Crippen molar-refractivity contribution in [3.8, 4) is 0 Å². The van der Waals surface area contributed by atoms with E-state index < -0.39 is 0 Å². The summed E-state index contributed by atoms with van der Waals surface area (Å²) in [6, 6.07) is 1.89. The van der Waals surface area contributed by atoms with Crippen molar-refractivity contribution < 1.29 is 4.74 Å². The summed E-state index contributed by atoms with van der Waals surface area (Å²) in [5, 5.41) is 4.12. The van der Waals surface area contributed by atoms with Gasteiger partial charge in [0.15, 0.2) is 5.65 Å². The predicted molar refractivity (Wildman–Crippen MR) is 122 cm³/mol. The molecule has 1 saturated carbocycles. The molecular weight excluding hydrogens is 414 g/mol. The number of anilines is 1. The number of alkyl halides is 1. The maximum atomic E-state index is 6.30. The second kappa shape index (κ2) is 9.87. The Kier molecular flexibility index (Phi) is 6.97. The number of halogens is 1. The van der Waals surface area contributed by atoms with E-state index >= 15 is 0 Å². The van der Waals surface area contributed by atoms with Gasteiger partial charge in [-0.1, -0.05) is 0 Å². The molecule has 3 aromatic heterocycles. The van der Waals surface area contributed by atoms with Gasteiger partial charge in [-0.2, -0.15) is 10.1 Å². The van der Waals surface area contributed by atoms with Gasteiger partial charge in [0.05, 0.1) is 30.3 Å². The quantitative estimate of drug-likeness (QED) is 0.560. The van der Waals surface area contributed by atoms with E-state index in [4.69, 9.17) is 36.3 Å². The van der Waals surface area contributed by atoms with E-state index in [2.05, 4.69) is 10.00 Å². The molecule has 0 N–H and O–H groups in total. The van der Waals surface area contributed by atoms with Gasteiger partial charge < -0.3 is 9.64 Å². The van der Waals surface area contributed by atoms with Gasteiger partial charge in [-0.25, -0.2) is 15.0 Å². The van der Waals surface area contributed by atoms with E-state index in [1.165, 1.54) is 0 Å². The maximum Gasteiger partial charge on any atom is 0.227 e. The van der Waals surface area contributed by atoms with Gasteiger partial charge in [0.25, 0.3) is 0 Å². The number of aromatic nitrogens is 6. The molecule has 0 radical (unpaired) electrons. The fourth-order valence-corrected chi connectivity index (χ4v) is 4.23. The zero-order valence-corrected chi connectivity index (χ0v) is 19.2. The van der Waals surface area contributed by atoms with Crippen molar-refractivity contribution >= 4 is 28.7 Å². The van der Waals surface area contributed by atoms with Crippen LogP contribution in [0.15, 0.2) is 18.5 Å². The van der Waals surface area contributed by atoms with Crippen LogP contribution in [0.3, 0.4) is 0 Å². The fourth-order valence-electron chi connectivity index (χ4n) is 3.98. The smallest absolute Gasteiger partial charge is 0.227 e. The lowest BCUT2D eigenvalue weighted by Crippen LogP contribution is -2.37. The highest BCUT2D eigenvalue weighted by molar-refractivity contribution is 6.20. The number of nitrogens with zero attached hydrogens (tertiary/aromatic N) is 7. The summed E-state index contributed by atoms with van der Waals surface area (Å²) >= 11 is 6.30. The Morgan fingerprint density at radius 3 is 2.29 bits per heavy atom. The number of aryl methyl sites for hydroxylation is 3. The van der Waals surface area contributed by atoms with Crippen LogP contribution in [0.1, 0.15) is 48.7 Å². The third-order valence-corrected chi connectivity index (χ3v) is 6.37. The molecule has 4 heterocycles. The van der Waals surface area contributed by atoms with Gasteiger partial charge in [0.2, 0.25) is 5.95 Å². The van der Waals surface area contributed by atoms with E-state index in [0.717, 1.165) is 67.3 Å². The predicted octanol–water partition coefficient (Wildman–Crippen LogP) is 3.56. The lowest BCUT2D eigenvalue weighted by atomic mass is 9.86. The Labute approximate surface area is 188 Å². The SMILES string of the molecule is Cc1nc2nc(N3CCOCC3)nc(C3CCC(Cl)CC3)c2nc1C.Cn1cccn1. The fraction of sp³-hybridized carbons (Fsp3) is 0.591. The number of ether oxygens (including phenoxy) is 1. The lowest BCUT2D eigenvalue weighted by Gasteiger charge is -2.29. The molecule has 0 aromatic carbocycles. The number of rotatable bonds is 2. The average molecular weight is 444 g/mol. The minimum absolute atomic E-state index is 0.290. The van der Waals surface area contributed by atoms with Crippen LogP contribution in [0.5, 0.6) is 0 Å². The Morgan fingerprint density at radius 2 is 1.68 bits per heavy atom. The molecule has 9 heteroatoms. The van der Waals surface area contributed by atoms with Crippen LogP contribution in [-0.4, -0.2) is 61.4 Å². The van der Waals surface area contributed by atoms with Crippen LogP contribution in [-0.2, 0) is 11.8 Å². The average Bonchev–Trinajstić information content (AvgIpc) is 3.26. The van der Waals surface area contributed by atoms with Crippen LogP contribution in [0, 0.1) is 13.8 Å². The summed E-state index contributed by atoms with van der Waals surface area (Å²) in [4.78, 5) is 21.4. The van der Waals surface area contributed by atoms with Crippen molar-refractivity contribution in [3.05, 3.63) is 35.5 Å². The van der Waals surface area contributed by atoms with Crippen molar-refractivity contribution in [2.75, 3.05) is 31.2 Å². The van der Waals surface area contributed by atoms with Crippen LogP contribution in [0.4, 0.5) is 5.95 Å². The normalized spacial score (nSPS) is 21.6. The van der Waals surface area contributed by atoms with E-state index in [0.29, 0.717) is 24.8 Å². The molecular formula is C22H30ClN7O. The molecule has 166 valence electrons. The molecule has 3 aromatic rings. The molecule has 2 fully saturated rings. The van der Waals surface area contributed by atoms with Crippen LogP contribution >= 0.6 is 11.6 Å². The molecule has 0 unspecified atom stereocenters. The molecule has 1 aliphatic heterocycles. The molecule has 31 heavy (non-hydrogen) atoms. The highest BCUT2D eigenvalue weighted by Gasteiger charge is 2.27. The zero-order valence-electron chi connectivity index (χ0n) is 18.5. The van der Waals surface area contributed by atoms with Crippen LogP contribution < -0.4 is 4.90 Å². The maximum absolute atomic E-state index is 6.30. The Hall–Kier alpha value is -2.32. The third kappa shape index (κ3) is 5.30.